The Morgan fingerprint density at radius 3 is 2.67 bits per heavy atom. The van der Waals surface area contributed by atoms with E-state index in [9.17, 15) is 4.79 Å². The molecule has 0 unspecified atom stereocenters. The zero-order chi connectivity index (χ0) is 9.56. The van der Waals surface area contributed by atoms with Crippen LogP contribution in [-0.4, -0.2) is 18.6 Å². The van der Waals surface area contributed by atoms with E-state index in [-0.39, 0.29) is 17.9 Å². The number of azide groups is 1. The lowest BCUT2D eigenvalue weighted by Gasteiger charge is -2.12. The summed E-state index contributed by atoms with van der Waals surface area (Å²) in [6.45, 7) is 5.45. The van der Waals surface area contributed by atoms with E-state index in [1.54, 1.807) is 20.8 Å². The molecule has 0 bridgehead atoms. The molecule has 68 valence electrons. The van der Waals surface area contributed by atoms with Crippen molar-refractivity contribution < 1.29 is 9.53 Å². The molecule has 2 atom stereocenters. The van der Waals surface area contributed by atoms with Crippen LogP contribution in [0.25, 0.3) is 10.4 Å². The predicted octanol–water partition coefficient (Wildman–Crippen LogP) is 1.88. The second-order valence-corrected chi connectivity index (χ2v) is 2.49. The fourth-order valence-electron chi connectivity index (χ4n) is 0.652. The lowest BCUT2D eigenvalue weighted by Crippen LogP contribution is -2.23. The molecule has 0 aliphatic heterocycles. The molecule has 5 nitrogen and oxygen atoms in total. The molecule has 0 aromatic rings. The highest BCUT2D eigenvalue weighted by Crippen LogP contribution is 2.08. The van der Waals surface area contributed by atoms with Crippen LogP contribution in [0.15, 0.2) is 5.11 Å². The lowest BCUT2D eigenvalue weighted by atomic mass is 10.1. The molecule has 0 amide bonds. The summed E-state index contributed by atoms with van der Waals surface area (Å²) >= 11 is 0. The van der Waals surface area contributed by atoms with E-state index in [2.05, 4.69) is 10.0 Å². The van der Waals surface area contributed by atoms with Gasteiger partial charge in [-0.25, -0.2) is 0 Å². The van der Waals surface area contributed by atoms with Gasteiger partial charge in [-0.15, -0.1) is 0 Å². The molecule has 0 heterocycles. The maximum Gasteiger partial charge on any atom is 0.309 e. The normalized spacial score (nSPS) is 14.2. The van der Waals surface area contributed by atoms with Crippen LogP contribution in [0.2, 0.25) is 0 Å². The van der Waals surface area contributed by atoms with Crippen molar-refractivity contribution in [3.8, 4) is 0 Å². The highest BCUT2D eigenvalue weighted by atomic mass is 16.5. The molecule has 0 aliphatic rings. The number of ether oxygens (including phenoxy) is 1. The van der Waals surface area contributed by atoms with E-state index in [0.717, 1.165) is 0 Å². The Labute approximate surface area is 71.3 Å². The first kappa shape index (κ1) is 10.8. The van der Waals surface area contributed by atoms with Gasteiger partial charge in [-0.05, 0) is 12.5 Å². The van der Waals surface area contributed by atoms with E-state index < -0.39 is 0 Å². The number of rotatable bonds is 4. The second kappa shape index (κ2) is 5.43. The zero-order valence-electron chi connectivity index (χ0n) is 7.52. The highest BCUT2D eigenvalue weighted by molar-refractivity contribution is 5.72. The Balaban J connectivity index is 4.08. The van der Waals surface area contributed by atoms with Gasteiger partial charge < -0.3 is 4.74 Å². The van der Waals surface area contributed by atoms with Crippen molar-refractivity contribution >= 4 is 5.97 Å². The van der Waals surface area contributed by atoms with Gasteiger partial charge in [-0.3, -0.25) is 4.79 Å². The molecule has 0 aromatic heterocycles. The van der Waals surface area contributed by atoms with E-state index in [4.69, 9.17) is 10.3 Å². The van der Waals surface area contributed by atoms with Crippen molar-refractivity contribution in [2.75, 3.05) is 6.61 Å². The monoisotopic (exact) mass is 171 g/mol. The number of nitrogens with zero attached hydrogens (tertiary/aromatic N) is 3. The summed E-state index contributed by atoms with van der Waals surface area (Å²) in [7, 11) is 0. The number of carbonyl (C=O) groups excluding carboxylic acids is 1. The summed E-state index contributed by atoms with van der Waals surface area (Å²) in [5.74, 6) is -0.696. The van der Waals surface area contributed by atoms with Crippen LogP contribution in [0.5, 0.6) is 0 Å². The van der Waals surface area contributed by atoms with Gasteiger partial charge in [0.1, 0.15) is 0 Å². The van der Waals surface area contributed by atoms with Crippen LogP contribution in [0.4, 0.5) is 0 Å². The van der Waals surface area contributed by atoms with Gasteiger partial charge in [0.2, 0.25) is 0 Å². The molecule has 0 aliphatic carbocycles. The summed E-state index contributed by atoms with van der Waals surface area (Å²) < 4.78 is 4.75. The van der Waals surface area contributed by atoms with Gasteiger partial charge >= 0.3 is 5.97 Å². The standard InChI is InChI=1S/C7H13N3O2/c1-4-12-7(11)5(2)6(3)9-10-8/h5-6H,4H2,1-3H3/t5-,6+/m1/s1. The molecule has 0 radical (unpaired) electrons. The highest BCUT2D eigenvalue weighted by Gasteiger charge is 2.19. The molecule has 0 saturated heterocycles. The minimum absolute atomic E-state index is 0.322. The smallest absolute Gasteiger partial charge is 0.309 e. The van der Waals surface area contributed by atoms with Gasteiger partial charge in [0, 0.05) is 11.0 Å². The van der Waals surface area contributed by atoms with Crippen LogP contribution < -0.4 is 0 Å². The first-order valence-corrected chi connectivity index (χ1v) is 3.84. The minimum Gasteiger partial charge on any atom is -0.466 e. The molecule has 0 saturated carbocycles. The third-order valence-corrected chi connectivity index (χ3v) is 1.62. The van der Waals surface area contributed by atoms with Gasteiger partial charge in [0.15, 0.2) is 0 Å². The summed E-state index contributed by atoms with van der Waals surface area (Å²) in [5.41, 5.74) is 8.10. The second-order valence-electron chi connectivity index (χ2n) is 2.49. The summed E-state index contributed by atoms with van der Waals surface area (Å²) in [5, 5.41) is 3.41. The Bertz CT molecular complexity index is 199. The largest absolute Gasteiger partial charge is 0.466 e. The SMILES string of the molecule is CCOC(=O)[C@H](C)[C@H](C)N=[N+]=[N-]. The maximum absolute atomic E-state index is 11.1. The quantitative estimate of drug-likeness (QED) is 0.280. The molecule has 0 spiro atoms. The average Bonchev–Trinajstić information content (AvgIpc) is 2.04. The topological polar surface area (TPSA) is 75.1 Å². The van der Waals surface area contributed by atoms with E-state index in [0.29, 0.717) is 6.61 Å². The predicted molar refractivity (Wildman–Crippen MR) is 44.4 cm³/mol. The van der Waals surface area contributed by atoms with Crippen molar-refractivity contribution in [2.24, 2.45) is 11.0 Å². The first-order valence-electron chi connectivity index (χ1n) is 3.84. The molecule has 12 heavy (non-hydrogen) atoms. The summed E-state index contributed by atoms with van der Waals surface area (Å²) in [6, 6.07) is -0.353. The third kappa shape index (κ3) is 3.25. The average molecular weight is 171 g/mol. The molecule has 0 rings (SSSR count). The van der Waals surface area contributed by atoms with Crippen LogP contribution >= 0.6 is 0 Å². The number of carbonyl (C=O) groups is 1. The molecular formula is C7H13N3O2. The van der Waals surface area contributed by atoms with Crippen LogP contribution in [0.3, 0.4) is 0 Å². The van der Waals surface area contributed by atoms with Gasteiger partial charge in [-0.1, -0.05) is 19.0 Å². The van der Waals surface area contributed by atoms with Crippen molar-refractivity contribution in [1.29, 1.82) is 0 Å². The van der Waals surface area contributed by atoms with E-state index >= 15 is 0 Å². The maximum atomic E-state index is 11.1. The Hall–Kier alpha value is -1.22. The lowest BCUT2D eigenvalue weighted by molar-refractivity contribution is -0.147. The van der Waals surface area contributed by atoms with Crippen molar-refractivity contribution in [1.82, 2.24) is 0 Å². The van der Waals surface area contributed by atoms with Crippen LogP contribution in [0, 0.1) is 5.92 Å². The molecule has 0 aromatic carbocycles. The third-order valence-electron chi connectivity index (χ3n) is 1.62. The summed E-state index contributed by atoms with van der Waals surface area (Å²) in [6.07, 6.45) is 0. The molecule has 0 fully saturated rings. The minimum atomic E-state index is -0.374. The number of hydrogen-bond acceptors (Lipinski definition) is 3. The van der Waals surface area contributed by atoms with Gasteiger partial charge in [0.05, 0.1) is 12.5 Å². The molecule has 5 heteroatoms. The van der Waals surface area contributed by atoms with Gasteiger partial charge in [0.25, 0.3) is 0 Å². The Morgan fingerprint density at radius 1 is 1.67 bits per heavy atom. The molecule has 0 N–H and O–H groups in total. The van der Waals surface area contributed by atoms with Crippen LogP contribution in [0.1, 0.15) is 20.8 Å². The van der Waals surface area contributed by atoms with Crippen molar-refractivity contribution in [2.45, 2.75) is 26.8 Å². The fraction of sp³-hybridized carbons (Fsp3) is 0.857. The van der Waals surface area contributed by atoms with Crippen LogP contribution in [-0.2, 0) is 9.53 Å². The zero-order valence-corrected chi connectivity index (χ0v) is 7.52. The first-order chi connectivity index (χ1) is 5.63. The number of hydrogen-bond donors (Lipinski definition) is 0. The Morgan fingerprint density at radius 2 is 2.25 bits per heavy atom. The Kier molecular flexibility index (Phi) is 4.88. The fourth-order valence-corrected chi connectivity index (χ4v) is 0.652. The molecular weight excluding hydrogens is 158 g/mol. The summed E-state index contributed by atoms with van der Waals surface area (Å²) in [4.78, 5) is 13.7. The number of esters is 1. The van der Waals surface area contributed by atoms with Gasteiger partial charge in [-0.2, -0.15) is 0 Å². The van der Waals surface area contributed by atoms with E-state index in [1.807, 2.05) is 0 Å². The van der Waals surface area contributed by atoms with E-state index in [1.165, 1.54) is 0 Å². The van der Waals surface area contributed by atoms with Crippen molar-refractivity contribution in [3.63, 3.8) is 0 Å². The van der Waals surface area contributed by atoms with Crippen molar-refractivity contribution in [3.05, 3.63) is 10.4 Å².